The minimum absolute atomic E-state index is 0.00925. The van der Waals surface area contributed by atoms with Crippen LogP contribution in [-0.2, 0) is 25.5 Å². The minimum atomic E-state index is -0.679. The van der Waals surface area contributed by atoms with Gasteiger partial charge in [0.05, 0.1) is 6.04 Å². The first-order valence-electron chi connectivity index (χ1n) is 11.2. The molecule has 6 heteroatoms. The second-order valence-electron chi connectivity index (χ2n) is 8.49. The van der Waals surface area contributed by atoms with Gasteiger partial charge in [0.1, 0.15) is 12.6 Å². The Morgan fingerprint density at radius 2 is 1.43 bits per heavy atom. The first-order chi connectivity index (χ1) is 14.5. The molecule has 2 atom stereocenters. The van der Waals surface area contributed by atoms with Crippen LogP contribution < -0.4 is 10.6 Å². The molecular formula is C24H36N2O4. The van der Waals surface area contributed by atoms with Crippen LogP contribution in [0.4, 0.5) is 0 Å². The number of hydrogen-bond acceptors (Lipinski definition) is 4. The van der Waals surface area contributed by atoms with Crippen LogP contribution in [0.3, 0.4) is 0 Å². The molecule has 1 saturated heterocycles. The van der Waals surface area contributed by atoms with E-state index in [1.54, 1.807) is 0 Å². The lowest BCUT2D eigenvalue weighted by Crippen LogP contribution is -2.47. The zero-order valence-electron chi connectivity index (χ0n) is 18.3. The number of carbonyl (C=O) groups excluding carboxylic acids is 3. The third-order valence-electron chi connectivity index (χ3n) is 5.41. The highest BCUT2D eigenvalue weighted by Gasteiger charge is 2.27. The Balaban J connectivity index is 2.08. The summed E-state index contributed by atoms with van der Waals surface area (Å²) in [6.07, 6.45) is 7.26. The van der Waals surface area contributed by atoms with Gasteiger partial charge in [0.2, 0.25) is 11.8 Å². The van der Waals surface area contributed by atoms with E-state index < -0.39 is 12.0 Å². The number of cyclic esters (lactones) is 1. The maximum absolute atomic E-state index is 12.7. The van der Waals surface area contributed by atoms with E-state index in [1.807, 2.05) is 44.2 Å². The molecule has 0 aromatic heterocycles. The number of rotatable bonds is 3. The highest BCUT2D eigenvalue weighted by Crippen LogP contribution is 2.12. The van der Waals surface area contributed by atoms with Gasteiger partial charge < -0.3 is 15.4 Å². The van der Waals surface area contributed by atoms with E-state index in [1.165, 1.54) is 0 Å². The first-order valence-corrected chi connectivity index (χ1v) is 11.2. The van der Waals surface area contributed by atoms with Gasteiger partial charge in [-0.15, -0.1) is 0 Å². The van der Waals surface area contributed by atoms with Gasteiger partial charge in [-0.05, 0) is 30.7 Å². The van der Waals surface area contributed by atoms with Crippen LogP contribution in [0.15, 0.2) is 30.3 Å². The monoisotopic (exact) mass is 416 g/mol. The van der Waals surface area contributed by atoms with Crippen molar-refractivity contribution in [1.29, 1.82) is 0 Å². The van der Waals surface area contributed by atoms with Crippen molar-refractivity contribution in [3.63, 3.8) is 0 Å². The molecule has 2 N–H and O–H groups in total. The summed E-state index contributed by atoms with van der Waals surface area (Å²) in [6.45, 7) is 3.86. The van der Waals surface area contributed by atoms with Crippen LogP contribution in [0.25, 0.3) is 0 Å². The molecule has 6 nitrogen and oxygen atoms in total. The van der Waals surface area contributed by atoms with Crippen molar-refractivity contribution in [2.75, 3.05) is 6.61 Å². The van der Waals surface area contributed by atoms with E-state index in [0.717, 1.165) is 44.1 Å². The van der Waals surface area contributed by atoms with Gasteiger partial charge in [0.25, 0.3) is 0 Å². The van der Waals surface area contributed by atoms with Crippen molar-refractivity contribution in [2.45, 2.75) is 83.7 Å². The largest absolute Gasteiger partial charge is 0.462 e. The molecular weight excluding hydrogens is 380 g/mol. The fourth-order valence-electron chi connectivity index (χ4n) is 3.64. The Labute approximate surface area is 180 Å². The van der Waals surface area contributed by atoms with Gasteiger partial charge >= 0.3 is 5.97 Å². The standard InChI is InChI=1S/C24H36N2O4/c1-18(2)23-24(29)30-17-20(16-19-12-8-7-9-13-19)25-21(27)14-10-5-3-4-6-11-15-22(28)26-23/h7-9,12-13,18,20,23H,3-6,10-11,14-17H2,1-2H3,(H,25,27)(H,26,28)/t20-,23-/m0/s1. The number of nitrogens with one attached hydrogen (secondary N) is 2. The van der Waals surface area contributed by atoms with E-state index in [-0.39, 0.29) is 30.4 Å². The minimum Gasteiger partial charge on any atom is -0.462 e. The number of ether oxygens (including phenoxy) is 1. The Morgan fingerprint density at radius 3 is 2.03 bits per heavy atom. The van der Waals surface area contributed by atoms with Crippen molar-refractivity contribution < 1.29 is 19.1 Å². The van der Waals surface area contributed by atoms with E-state index >= 15 is 0 Å². The molecule has 1 heterocycles. The lowest BCUT2D eigenvalue weighted by molar-refractivity contribution is -0.150. The molecule has 1 fully saturated rings. The van der Waals surface area contributed by atoms with Gasteiger partial charge in [0, 0.05) is 12.8 Å². The maximum Gasteiger partial charge on any atom is 0.328 e. The van der Waals surface area contributed by atoms with E-state index in [2.05, 4.69) is 10.6 Å². The molecule has 0 radical (unpaired) electrons. The number of benzene rings is 1. The summed E-state index contributed by atoms with van der Waals surface area (Å²) in [6, 6.07) is 8.85. The average Bonchev–Trinajstić information content (AvgIpc) is 2.72. The molecule has 1 aliphatic rings. The zero-order chi connectivity index (χ0) is 21.8. The summed E-state index contributed by atoms with van der Waals surface area (Å²) in [5, 5.41) is 5.86. The molecule has 1 aromatic rings. The summed E-state index contributed by atoms with van der Waals surface area (Å²) in [5.41, 5.74) is 1.07. The van der Waals surface area contributed by atoms with Gasteiger partial charge in [0.15, 0.2) is 0 Å². The predicted octanol–water partition coefficient (Wildman–Crippen LogP) is 3.53. The number of esters is 1. The topological polar surface area (TPSA) is 84.5 Å². The summed E-state index contributed by atoms with van der Waals surface area (Å²) in [7, 11) is 0. The lowest BCUT2D eigenvalue weighted by atomic mass is 10.0. The number of hydrogen-bond donors (Lipinski definition) is 2. The van der Waals surface area contributed by atoms with Gasteiger partial charge in [-0.3, -0.25) is 9.59 Å². The van der Waals surface area contributed by atoms with Crippen LogP contribution >= 0.6 is 0 Å². The summed E-state index contributed by atoms with van der Waals surface area (Å²) in [4.78, 5) is 37.4. The van der Waals surface area contributed by atoms with Crippen molar-refractivity contribution in [3.8, 4) is 0 Å². The van der Waals surface area contributed by atoms with Crippen molar-refractivity contribution in [2.24, 2.45) is 5.92 Å². The lowest BCUT2D eigenvalue weighted by Gasteiger charge is -2.24. The molecule has 166 valence electrons. The second-order valence-corrected chi connectivity index (χ2v) is 8.49. The quantitative estimate of drug-likeness (QED) is 0.738. The van der Waals surface area contributed by atoms with E-state index in [0.29, 0.717) is 19.3 Å². The second kappa shape index (κ2) is 13.0. The molecule has 2 rings (SSSR count). The van der Waals surface area contributed by atoms with Crippen LogP contribution in [0, 0.1) is 5.92 Å². The Morgan fingerprint density at radius 1 is 0.867 bits per heavy atom. The van der Waals surface area contributed by atoms with Crippen molar-refractivity contribution in [3.05, 3.63) is 35.9 Å². The average molecular weight is 417 g/mol. The zero-order valence-corrected chi connectivity index (χ0v) is 18.3. The Kier molecular flexibility index (Phi) is 10.4. The van der Waals surface area contributed by atoms with Gasteiger partial charge in [-0.25, -0.2) is 4.79 Å². The fraction of sp³-hybridized carbons (Fsp3) is 0.625. The SMILES string of the molecule is CC(C)[C@@H]1NC(=O)CCCCCCCCC(=O)N[C@@H](Cc2ccccc2)COC1=O. The number of amides is 2. The third-order valence-corrected chi connectivity index (χ3v) is 5.41. The molecule has 30 heavy (non-hydrogen) atoms. The predicted molar refractivity (Wildman–Crippen MR) is 117 cm³/mol. The normalized spacial score (nSPS) is 23.2. The summed E-state index contributed by atoms with van der Waals surface area (Å²) >= 11 is 0. The van der Waals surface area contributed by atoms with Crippen LogP contribution in [0.1, 0.15) is 70.8 Å². The number of carbonyl (C=O) groups is 3. The van der Waals surface area contributed by atoms with Crippen LogP contribution in [-0.4, -0.2) is 36.5 Å². The molecule has 1 aromatic carbocycles. The molecule has 0 aliphatic carbocycles. The van der Waals surface area contributed by atoms with E-state index in [4.69, 9.17) is 4.74 Å². The van der Waals surface area contributed by atoms with E-state index in [9.17, 15) is 14.4 Å². The fourth-order valence-corrected chi connectivity index (χ4v) is 3.64. The highest BCUT2D eigenvalue weighted by atomic mass is 16.5. The molecule has 0 saturated carbocycles. The van der Waals surface area contributed by atoms with Crippen LogP contribution in [0.5, 0.6) is 0 Å². The van der Waals surface area contributed by atoms with Gasteiger partial charge in [-0.2, -0.15) is 0 Å². The highest BCUT2D eigenvalue weighted by molar-refractivity contribution is 5.84. The first kappa shape index (κ1) is 23.9. The third kappa shape index (κ3) is 8.97. The van der Waals surface area contributed by atoms with Crippen molar-refractivity contribution >= 4 is 17.8 Å². The Hall–Kier alpha value is -2.37. The Bertz CT molecular complexity index is 675. The molecule has 1 aliphatic heterocycles. The van der Waals surface area contributed by atoms with Crippen molar-refractivity contribution in [1.82, 2.24) is 10.6 Å². The molecule has 0 unspecified atom stereocenters. The van der Waals surface area contributed by atoms with Gasteiger partial charge in [-0.1, -0.05) is 69.9 Å². The molecule has 0 spiro atoms. The smallest absolute Gasteiger partial charge is 0.328 e. The summed E-state index contributed by atoms with van der Waals surface area (Å²) in [5.74, 6) is -0.644. The van der Waals surface area contributed by atoms with Crippen LogP contribution in [0.2, 0.25) is 0 Å². The summed E-state index contributed by atoms with van der Waals surface area (Å²) < 4.78 is 5.55. The maximum atomic E-state index is 12.7. The molecule has 0 bridgehead atoms. The molecule has 2 amide bonds.